The number of aromatic amines is 1. The van der Waals surface area contributed by atoms with E-state index in [0.29, 0.717) is 12.0 Å². The Morgan fingerprint density at radius 3 is 2.86 bits per heavy atom. The Labute approximate surface area is 173 Å². The molecular formula is C21H17BrN2O3S. The molecule has 0 aliphatic carbocycles. The van der Waals surface area contributed by atoms with E-state index in [1.807, 2.05) is 42.5 Å². The van der Waals surface area contributed by atoms with Crippen LogP contribution in [0.2, 0.25) is 0 Å². The minimum absolute atomic E-state index is 0.256. The summed E-state index contributed by atoms with van der Waals surface area (Å²) in [4.78, 5) is 33.0. The normalized spacial score (nSPS) is 12.4. The molecule has 2 aromatic carbocycles. The molecule has 0 radical (unpaired) electrons. The lowest BCUT2D eigenvalue weighted by Crippen LogP contribution is -2.25. The standard InChI is InChI=1S/C21H17BrN2O3S/c1-2-27-21(26)14(11-18-24-19-15(22)7-5-9-17(19)28-18)13-10-12-6-3-4-8-16(12)23-20(13)25/h3-10,14H,2,11H2,1H3,(H,23,25). The van der Waals surface area contributed by atoms with Crippen LogP contribution in [0.3, 0.4) is 0 Å². The van der Waals surface area contributed by atoms with E-state index >= 15 is 0 Å². The number of hydrogen-bond acceptors (Lipinski definition) is 5. The highest BCUT2D eigenvalue weighted by molar-refractivity contribution is 9.10. The number of carbonyl (C=O) groups is 1. The van der Waals surface area contributed by atoms with Gasteiger partial charge in [-0.15, -0.1) is 11.3 Å². The summed E-state index contributed by atoms with van der Waals surface area (Å²) < 4.78 is 7.20. The van der Waals surface area contributed by atoms with Gasteiger partial charge in [0.15, 0.2) is 0 Å². The van der Waals surface area contributed by atoms with Crippen molar-refractivity contribution in [1.82, 2.24) is 9.97 Å². The van der Waals surface area contributed by atoms with Gasteiger partial charge in [-0.05, 0) is 52.5 Å². The van der Waals surface area contributed by atoms with E-state index in [1.54, 1.807) is 13.0 Å². The van der Waals surface area contributed by atoms with Crippen LogP contribution in [0.4, 0.5) is 0 Å². The van der Waals surface area contributed by atoms with Gasteiger partial charge in [0.2, 0.25) is 0 Å². The maximum absolute atomic E-state index is 12.7. The van der Waals surface area contributed by atoms with Gasteiger partial charge < -0.3 is 9.72 Å². The van der Waals surface area contributed by atoms with E-state index in [1.165, 1.54) is 11.3 Å². The van der Waals surface area contributed by atoms with Gasteiger partial charge in [0.25, 0.3) is 5.56 Å². The van der Waals surface area contributed by atoms with Crippen molar-refractivity contribution in [3.8, 4) is 0 Å². The molecule has 0 saturated carbocycles. The molecule has 4 rings (SSSR count). The number of rotatable bonds is 5. The zero-order chi connectivity index (χ0) is 19.7. The van der Waals surface area contributed by atoms with Crippen LogP contribution in [0.1, 0.15) is 23.4 Å². The Morgan fingerprint density at radius 2 is 2.07 bits per heavy atom. The van der Waals surface area contributed by atoms with E-state index in [4.69, 9.17) is 4.74 Å². The van der Waals surface area contributed by atoms with Gasteiger partial charge in [0.05, 0.1) is 27.7 Å². The van der Waals surface area contributed by atoms with Gasteiger partial charge in [0.1, 0.15) is 0 Å². The first-order chi connectivity index (χ1) is 13.6. The molecule has 0 spiro atoms. The lowest BCUT2D eigenvalue weighted by atomic mass is 9.96. The number of pyridine rings is 1. The van der Waals surface area contributed by atoms with Crippen molar-refractivity contribution >= 4 is 54.4 Å². The van der Waals surface area contributed by atoms with Gasteiger partial charge in [-0.2, -0.15) is 0 Å². The van der Waals surface area contributed by atoms with Crippen LogP contribution in [-0.4, -0.2) is 22.5 Å². The maximum Gasteiger partial charge on any atom is 0.314 e. The van der Waals surface area contributed by atoms with Crippen LogP contribution in [0, 0.1) is 0 Å². The zero-order valence-electron chi connectivity index (χ0n) is 15.1. The number of aromatic nitrogens is 2. The Morgan fingerprint density at radius 1 is 1.25 bits per heavy atom. The summed E-state index contributed by atoms with van der Waals surface area (Å²) in [5.74, 6) is -1.13. The third kappa shape index (κ3) is 3.59. The first-order valence-corrected chi connectivity index (χ1v) is 10.5. The number of fused-ring (bicyclic) bond motifs is 2. The fraction of sp³-hybridized carbons (Fsp3) is 0.190. The van der Waals surface area contributed by atoms with E-state index in [9.17, 15) is 9.59 Å². The summed E-state index contributed by atoms with van der Waals surface area (Å²) >= 11 is 5.03. The van der Waals surface area contributed by atoms with Crippen molar-refractivity contribution in [1.29, 1.82) is 0 Å². The Hall–Kier alpha value is -2.51. The molecule has 0 bridgehead atoms. The monoisotopic (exact) mass is 456 g/mol. The van der Waals surface area contributed by atoms with Crippen molar-refractivity contribution in [2.45, 2.75) is 19.3 Å². The zero-order valence-corrected chi connectivity index (χ0v) is 17.5. The largest absolute Gasteiger partial charge is 0.466 e. The molecule has 142 valence electrons. The van der Waals surface area contributed by atoms with Crippen LogP contribution in [0.15, 0.2) is 57.8 Å². The topological polar surface area (TPSA) is 72.0 Å². The van der Waals surface area contributed by atoms with Crippen molar-refractivity contribution in [3.63, 3.8) is 0 Å². The van der Waals surface area contributed by atoms with Gasteiger partial charge in [-0.3, -0.25) is 9.59 Å². The summed E-state index contributed by atoms with van der Waals surface area (Å²) in [7, 11) is 0. The summed E-state index contributed by atoms with van der Waals surface area (Å²) in [5, 5.41) is 1.66. The smallest absolute Gasteiger partial charge is 0.314 e. The SMILES string of the molecule is CCOC(=O)C(Cc1nc2c(Br)cccc2s1)c1cc2ccccc2[nH]c1=O. The molecule has 2 aromatic heterocycles. The first-order valence-electron chi connectivity index (χ1n) is 8.89. The van der Waals surface area contributed by atoms with E-state index in [0.717, 1.165) is 30.6 Å². The summed E-state index contributed by atoms with van der Waals surface area (Å²) in [6.07, 6.45) is 0.312. The highest BCUT2D eigenvalue weighted by Crippen LogP contribution is 2.31. The molecule has 2 heterocycles. The fourth-order valence-electron chi connectivity index (χ4n) is 3.21. The van der Waals surface area contributed by atoms with Crippen molar-refractivity contribution in [2.24, 2.45) is 0 Å². The molecule has 1 N–H and O–H groups in total. The molecule has 7 heteroatoms. The Balaban J connectivity index is 1.79. The average Bonchev–Trinajstić information content (AvgIpc) is 3.10. The number of carbonyl (C=O) groups excluding carboxylic acids is 1. The average molecular weight is 457 g/mol. The van der Waals surface area contributed by atoms with Gasteiger partial charge >= 0.3 is 5.97 Å². The van der Waals surface area contributed by atoms with E-state index < -0.39 is 11.9 Å². The highest BCUT2D eigenvalue weighted by Gasteiger charge is 2.27. The molecule has 1 unspecified atom stereocenters. The third-order valence-corrected chi connectivity index (χ3v) is 6.20. The van der Waals surface area contributed by atoms with Crippen LogP contribution >= 0.6 is 27.3 Å². The maximum atomic E-state index is 12.7. The molecule has 28 heavy (non-hydrogen) atoms. The molecule has 0 saturated heterocycles. The van der Waals surface area contributed by atoms with Crippen molar-refractivity contribution < 1.29 is 9.53 Å². The number of benzene rings is 2. The number of para-hydroxylation sites is 2. The second-order valence-corrected chi connectivity index (χ2v) is 8.31. The summed E-state index contributed by atoms with van der Waals surface area (Å²) in [6, 6.07) is 15.2. The molecular weight excluding hydrogens is 440 g/mol. The quantitative estimate of drug-likeness (QED) is 0.438. The molecule has 4 aromatic rings. The fourth-order valence-corrected chi connectivity index (χ4v) is 4.83. The van der Waals surface area contributed by atoms with Gasteiger partial charge in [0, 0.05) is 22.0 Å². The lowest BCUT2D eigenvalue weighted by molar-refractivity contribution is -0.145. The molecule has 0 aliphatic rings. The van der Waals surface area contributed by atoms with Crippen LogP contribution in [0.25, 0.3) is 21.1 Å². The second-order valence-electron chi connectivity index (χ2n) is 6.34. The molecule has 0 aliphatic heterocycles. The van der Waals surface area contributed by atoms with Crippen molar-refractivity contribution in [2.75, 3.05) is 6.61 Å². The van der Waals surface area contributed by atoms with Gasteiger partial charge in [-0.1, -0.05) is 24.3 Å². The van der Waals surface area contributed by atoms with Crippen LogP contribution in [-0.2, 0) is 16.0 Å². The predicted octanol–water partition coefficient (Wildman–Crippen LogP) is 4.79. The summed E-state index contributed by atoms with van der Waals surface area (Å²) in [6.45, 7) is 2.01. The van der Waals surface area contributed by atoms with E-state index in [-0.39, 0.29) is 12.2 Å². The van der Waals surface area contributed by atoms with Crippen molar-refractivity contribution in [3.05, 3.63) is 73.9 Å². The number of nitrogens with zero attached hydrogens (tertiary/aromatic N) is 1. The minimum Gasteiger partial charge on any atom is -0.466 e. The lowest BCUT2D eigenvalue weighted by Gasteiger charge is -2.14. The number of halogens is 1. The molecule has 1 atom stereocenters. The first kappa shape index (κ1) is 18.8. The van der Waals surface area contributed by atoms with Crippen LogP contribution < -0.4 is 5.56 Å². The highest BCUT2D eigenvalue weighted by atomic mass is 79.9. The predicted molar refractivity (Wildman–Crippen MR) is 115 cm³/mol. The van der Waals surface area contributed by atoms with Gasteiger partial charge in [-0.25, -0.2) is 4.98 Å². The number of hydrogen-bond donors (Lipinski definition) is 1. The molecule has 0 amide bonds. The Bertz CT molecular complexity index is 1230. The van der Waals surface area contributed by atoms with E-state index in [2.05, 4.69) is 25.9 Å². The number of H-pyrrole nitrogens is 1. The number of nitrogens with one attached hydrogen (secondary N) is 1. The number of thiazole rings is 1. The molecule has 0 fully saturated rings. The minimum atomic E-state index is -0.715. The number of ether oxygens (including phenoxy) is 1. The third-order valence-electron chi connectivity index (χ3n) is 4.52. The van der Waals surface area contributed by atoms with Crippen LogP contribution in [0.5, 0.6) is 0 Å². The summed E-state index contributed by atoms with van der Waals surface area (Å²) in [5.41, 5.74) is 1.72. The molecule has 5 nitrogen and oxygen atoms in total. The number of esters is 1. The second kappa shape index (κ2) is 7.85. The Kier molecular flexibility index (Phi) is 5.28.